The Hall–Kier alpha value is -2.28. The fraction of sp³-hybridized carbons (Fsp3) is 0.529. The number of nitrogens with one attached hydrogen (secondary N) is 1. The fourth-order valence-electron chi connectivity index (χ4n) is 2.88. The van der Waals surface area contributed by atoms with E-state index in [4.69, 9.17) is 9.47 Å². The number of carbonyl (C=O) groups excluding carboxylic acids is 2. The summed E-state index contributed by atoms with van der Waals surface area (Å²) in [5.41, 5.74) is 0.914. The van der Waals surface area contributed by atoms with E-state index < -0.39 is 0 Å². The van der Waals surface area contributed by atoms with E-state index in [0.29, 0.717) is 31.1 Å². The zero-order chi connectivity index (χ0) is 16.9. The van der Waals surface area contributed by atoms with Crippen LogP contribution in [0.15, 0.2) is 18.2 Å². The highest BCUT2D eigenvalue weighted by atomic mass is 16.7. The van der Waals surface area contributed by atoms with Crippen LogP contribution in [0.5, 0.6) is 11.5 Å². The van der Waals surface area contributed by atoms with Crippen molar-refractivity contribution >= 4 is 11.8 Å². The normalized spacial score (nSPS) is 17.0. The van der Waals surface area contributed by atoms with E-state index in [0.717, 1.165) is 25.2 Å². The van der Waals surface area contributed by atoms with Crippen molar-refractivity contribution in [2.45, 2.75) is 19.9 Å². The van der Waals surface area contributed by atoms with Gasteiger partial charge in [-0.2, -0.15) is 0 Å². The second kappa shape index (κ2) is 7.53. The van der Waals surface area contributed by atoms with Gasteiger partial charge in [0.2, 0.25) is 18.6 Å². The average Bonchev–Trinajstić information content (AvgIpc) is 3.07. The van der Waals surface area contributed by atoms with E-state index in [1.54, 1.807) is 4.90 Å². The van der Waals surface area contributed by atoms with Crippen LogP contribution in [0, 0.1) is 0 Å². The van der Waals surface area contributed by atoms with Crippen molar-refractivity contribution in [3.8, 4) is 11.5 Å². The molecule has 1 saturated heterocycles. The number of ether oxygens (including phenoxy) is 2. The Morgan fingerprint density at radius 3 is 2.62 bits per heavy atom. The van der Waals surface area contributed by atoms with Crippen LogP contribution in [-0.4, -0.2) is 61.1 Å². The first-order valence-electron chi connectivity index (χ1n) is 8.31. The molecule has 2 aliphatic rings. The van der Waals surface area contributed by atoms with Crippen LogP contribution in [0.2, 0.25) is 0 Å². The SMILES string of the molecule is CCN1CCN(C(=O)CC(=O)NCc2ccc3c(c2)OCO3)CC1. The van der Waals surface area contributed by atoms with Gasteiger partial charge >= 0.3 is 0 Å². The molecular formula is C17H23N3O4. The first kappa shape index (κ1) is 16.6. The van der Waals surface area contributed by atoms with E-state index in [1.165, 1.54) is 0 Å². The number of hydrogen-bond acceptors (Lipinski definition) is 5. The lowest BCUT2D eigenvalue weighted by molar-refractivity contribution is -0.137. The molecule has 130 valence electrons. The predicted molar refractivity (Wildman–Crippen MR) is 87.7 cm³/mol. The van der Waals surface area contributed by atoms with Crippen molar-refractivity contribution < 1.29 is 19.1 Å². The van der Waals surface area contributed by atoms with Crippen LogP contribution in [0.25, 0.3) is 0 Å². The van der Waals surface area contributed by atoms with Gasteiger partial charge in [-0.1, -0.05) is 13.0 Å². The Morgan fingerprint density at radius 2 is 1.88 bits per heavy atom. The second-order valence-corrected chi connectivity index (χ2v) is 5.96. The average molecular weight is 333 g/mol. The summed E-state index contributed by atoms with van der Waals surface area (Å²) >= 11 is 0. The van der Waals surface area contributed by atoms with Crippen molar-refractivity contribution in [1.82, 2.24) is 15.1 Å². The molecule has 0 aliphatic carbocycles. The third kappa shape index (κ3) is 3.97. The maximum absolute atomic E-state index is 12.2. The van der Waals surface area contributed by atoms with Gasteiger partial charge in [-0.25, -0.2) is 0 Å². The Morgan fingerprint density at radius 1 is 1.12 bits per heavy atom. The smallest absolute Gasteiger partial charge is 0.232 e. The fourth-order valence-corrected chi connectivity index (χ4v) is 2.88. The van der Waals surface area contributed by atoms with Crippen molar-refractivity contribution in [3.05, 3.63) is 23.8 Å². The number of fused-ring (bicyclic) bond motifs is 1. The minimum atomic E-state index is -0.254. The highest BCUT2D eigenvalue weighted by molar-refractivity contribution is 5.96. The first-order valence-corrected chi connectivity index (χ1v) is 8.31. The quantitative estimate of drug-likeness (QED) is 0.799. The van der Waals surface area contributed by atoms with Gasteiger partial charge in [0, 0.05) is 32.7 Å². The molecule has 1 aromatic carbocycles. The maximum Gasteiger partial charge on any atom is 0.232 e. The minimum absolute atomic E-state index is 0.101. The lowest BCUT2D eigenvalue weighted by Gasteiger charge is -2.33. The van der Waals surface area contributed by atoms with E-state index in [9.17, 15) is 9.59 Å². The van der Waals surface area contributed by atoms with Gasteiger partial charge in [-0.05, 0) is 24.2 Å². The topological polar surface area (TPSA) is 71.1 Å². The molecule has 3 rings (SSSR count). The number of piperazine rings is 1. The molecule has 2 amide bonds. The summed E-state index contributed by atoms with van der Waals surface area (Å²) in [6.45, 7) is 6.85. The highest BCUT2D eigenvalue weighted by Crippen LogP contribution is 2.32. The lowest BCUT2D eigenvalue weighted by atomic mass is 10.2. The van der Waals surface area contributed by atoms with Crippen LogP contribution in [-0.2, 0) is 16.1 Å². The van der Waals surface area contributed by atoms with E-state index in [2.05, 4.69) is 17.1 Å². The van der Waals surface area contributed by atoms with Crippen LogP contribution in [0.1, 0.15) is 18.9 Å². The largest absolute Gasteiger partial charge is 0.454 e. The number of benzene rings is 1. The summed E-state index contributed by atoms with van der Waals surface area (Å²) < 4.78 is 10.6. The van der Waals surface area contributed by atoms with Gasteiger partial charge < -0.3 is 24.6 Å². The van der Waals surface area contributed by atoms with E-state index >= 15 is 0 Å². The summed E-state index contributed by atoms with van der Waals surface area (Å²) in [6, 6.07) is 5.54. The molecule has 7 nitrogen and oxygen atoms in total. The third-order valence-corrected chi connectivity index (χ3v) is 4.41. The van der Waals surface area contributed by atoms with Gasteiger partial charge in [0.15, 0.2) is 11.5 Å². The number of likely N-dealkylation sites (N-methyl/N-ethyl adjacent to an activating group) is 1. The summed E-state index contributed by atoms with van der Waals surface area (Å²) in [5, 5.41) is 2.79. The summed E-state index contributed by atoms with van der Waals surface area (Å²) in [7, 11) is 0. The second-order valence-electron chi connectivity index (χ2n) is 5.96. The minimum Gasteiger partial charge on any atom is -0.454 e. The number of carbonyl (C=O) groups is 2. The van der Waals surface area contributed by atoms with Crippen molar-refractivity contribution in [2.75, 3.05) is 39.5 Å². The molecule has 0 unspecified atom stereocenters. The molecule has 7 heteroatoms. The molecule has 0 atom stereocenters. The zero-order valence-corrected chi connectivity index (χ0v) is 13.9. The maximum atomic E-state index is 12.2. The summed E-state index contributed by atoms with van der Waals surface area (Å²) in [6.07, 6.45) is -0.101. The number of amides is 2. The third-order valence-electron chi connectivity index (χ3n) is 4.41. The van der Waals surface area contributed by atoms with Crippen LogP contribution in [0.3, 0.4) is 0 Å². The van der Waals surface area contributed by atoms with Crippen LogP contribution in [0.4, 0.5) is 0 Å². The van der Waals surface area contributed by atoms with Crippen molar-refractivity contribution in [1.29, 1.82) is 0 Å². The van der Waals surface area contributed by atoms with Gasteiger partial charge in [-0.3, -0.25) is 9.59 Å². The molecule has 1 fully saturated rings. The molecule has 0 aromatic heterocycles. The van der Waals surface area contributed by atoms with E-state index in [-0.39, 0.29) is 25.0 Å². The van der Waals surface area contributed by atoms with Crippen LogP contribution < -0.4 is 14.8 Å². The number of nitrogens with zero attached hydrogens (tertiary/aromatic N) is 2. The predicted octanol–water partition coefficient (Wildman–Crippen LogP) is 0.586. The molecule has 0 saturated carbocycles. The molecule has 0 spiro atoms. The number of rotatable bonds is 5. The van der Waals surface area contributed by atoms with Gasteiger partial charge in [0.1, 0.15) is 6.42 Å². The van der Waals surface area contributed by atoms with Crippen molar-refractivity contribution in [2.24, 2.45) is 0 Å². The lowest BCUT2D eigenvalue weighted by Crippen LogP contribution is -2.49. The van der Waals surface area contributed by atoms with Gasteiger partial charge in [0.05, 0.1) is 0 Å². The Bertz CT molecular complexity index is 612. The highest BCUT2D eigenvalue weighted by Gasteiger charge is 2.22. The summed E-state index contributed by atoms with van der Waals surface area (Å²) in [5.74, 6) is 1.04. The molecular weight excluding hydrogens is 310 g/mol. The molecule has 0 radical (unpaired) electrons. The van der Waals surface area contributed by atoms with Gasteiger partial charge in [-0.15, -0.1) is 0 Å². The Labute approximate surface area is 141 Å². The van der Waals surface area contributed by atoms with E-state index in [1.807, 2.05) is 18.2 Å². The Balaban J connectivity index is 1.43. The molecule has 2 aliphatic heterocycles. The molecule has 24 heavy (non-hydrogen) atoms. The molecule has 2 heterocycles. The summed E-state index contributed by atoms with van der Waals surface area (Å²) in [4.78, 5) is 28.2. The van der Waals surface area contributed by atoms with Crippen molar-refractivity contribution in [3.63, 3.8) is 0 Å². The molecule has 1 aromatic rings. The molecule has 1 N–H and O–H groups in total. The molecule has 0 bridgehead atoms. The zero-order valence-electron chi connectivity index (χ0n) is 13.9. The number of hydrogen-bond donors (Lipinski definition) is 1. The monoisotopic (exact) mass is 333 g/mol. The Kier molecular flexibility index (Phi) is 5.20. The van der Waals surface area contributed by atoms with Gasteiger partial charge in [0.25, 0.3) is 0 Å². The van der Waals surface area contributed by atoms with Crippen LogP contribution >= 0.6 is 0 Å². The first-order chi connectivity index (χ1) is 11.7. The standard InChI is InChI=1S/C17H23N3O4/c1-2-19-5-7-20(8-6-19)17(22)10-16(21)18-11-13-3-4-14-15(9-13)24-12-23-14/h3-4,9H,2,5-8,10-12H2,1H3,(H,18,21).